The molecule has 13 heavy (non-hydrogen) atoms. The van der Waals surface area contributed by atoms with Crippen molar-refractivity contribution in [2.24, 2.45) is 0 Å². The molecule has 4 nitrogen and oxygen atoms in total. The third-order valence-electron chi connectivity index (χ3n) is 1.54. The molecule has 0 saturated heterocycles. The minimum Gasteiger partial charge on any atom is -0.316 e. The number of aromatic nitrogens is 1. The first-order valence-electron chi connectivity index (χ1n) is 3.67. The first-order chi connectivity index (χ1) is 5.95. The van der Waals surface area contributed by atoms with Gasteiger partial charge in [-0.15, -0.1) is 0 Å². The van der Waals surface area contributed by atoms with E-state index in [1.54, 1.807) is 12.3 Å². The van der Waals surface area contributed by atoms with E-state index >= 15 is 0 Å². The van der Waals surface area contributed by atoms with Gasteiger partial charge in [-0.25, -0.2) is 12.4 Å². The van der Waals surface area contributed by atoms with Crippen molar-refractivity contribution >= 4 is 26.0 Å². The average molecular weight is 267 g/mol. The number of nitrogens with one attached hydrogen (secondary N) is 1. The molecule has 0 spiro atoms. The van der Waals surface area contributed by atoms with Gasteiger partial charge in [0.05, 0.1) is 10.9 Å². The van der Waals surface area contributed by atoms with Gasteiger partial charge in [-0.3, -0.25) is 0 Å². The molecule has 0 bridgehead atoms. The maximum Gasteiger partial charge on any atom is 0.236 e. The van der Waals surface area contributed by atoms with Crippen LogP contribution in [0.5, 0.6) is 0 Å². The summed E-state index contributed by atoms with van der Waals surface area (Å²) < 4.78 is 24.1. The molecule has 0 aromatic carbocycles. The van der Waals surface area contributed by atoms with Crippen molar-refractivity contribution in [2.75, 3.05) is 13.3 Å². The van der Waals surface area contributed by atoms with E-state index in [0.29, 0.717) is 11.1 Å². The molecule has 74 valence electrons. The fourth-order valence-corrected chi connectivity index (χ4v) is 2.90. The van der Waals surface area contributed by atoms with Crippen LogP contribution in [0.3, 0.4) is 0 Å². The molecule has 0 unspecified atom stereocenters. The third-order valence-corrected chi connectivity index (χ3v) is 3.40. The molecule has 1 rings (SSSR count). The van der Waals surface area contributed by atoms with Gasteiger partial charge in [0.15, 0.2) is 0 Å². The summed E-state index contributed by atoms with van der Waals surface area (Å²) in [5.41, 5.74) is 0.930. The Hall–Kier alpha value is -0.330. The molecule has 0 aliphatic rings. The van der Waals surface area contributed by atoms with Crippen LogP contribution >= 0.6 is 15.9 Å². The Morgan fingerprint density at radius 1 is 1.62 bits per heavy atom. The highest BCUT2D eigenvalue weighted by Gasteiger charge is 2.10. The molecule has 0 amide bonds. The van der Waals surface area contributed by atoms with Crippen LogP contribution in [0.1, 0.15) is 5.56 Å². The lowest BCUT2D eigenvalue weighted by molar-refractivity contribution is 0.592. The molecule has 0 saturated carbocycles. The predicted octanol–water partition coefficient (Wildman–Crippen LogP) is 0.778. The van der Waals surface area contributed by atoms with Crippen LogP contribution < -0.4 is 5.32 Å². The van der Waals surface area contributed by atoms with Crippen molar-refractivity contribution in [3.63, 3.8) is 0 Å². The lowest BCUT2D eigenvalue weighted by Crippen LogP contribution is -2.09. The van der Waals surface area contributed by atoms with Crippen molar-refractivity contribution in [3.05, 3.63) is 22.4 Å². The third kappa shape index (κ3) is 2.55. The van der Waals surface area contributed by atoms with Crippen molar-refractivity contribution in [1.82, 2.24) is 9.29 Å². The Bertz CT molecular complexity index is 397. The topological polar surface area (TPSA) is 51.1 Å². The minimum atomic E-state index is -3.19. The summed E-state index contributed by atoms with van der Waals surface area (Å²) in [5, 5.41) is 2.95. The normalized spacial score (nSPS) is 11.9. The van der Waals surface area contributed by atoms with Crippen LogP contribution in [0.2, 0.25) is 0 Å². The number of hydrogen-bond donors (Lipinski definition) is 1. The van der Waals surface area contributed by atoms with Crippen LogP contribution in [-0.4, -0.2) is 25.7 Å². The summed E-state index contributed by atoms with van der Waals surface area (Å²) in [6.45, 7) is 0.654. The zero-order valence-electron chi connectivity index (χ0n) is 7.41. The SMILES string of the molecule is CNCc1cc(Br)n(S(C)(=O)=O)c1. The second-order valence-electron chi connectivity index (χ2n) is 2.76. The summed E-state index contributed by atoms with van der Waals surface area (Å²) >= 11 is 3.18. The second kappa shape index (κ2) is 3.81. The van der Waals surface area contributed by atoms with Crippen LogP contribution in [0.4, 0.5) is 0 Å². The van der Waals surface area contributed by atoms with Crippen molar-refractivity contribution in [3.8, 4) is 0 Å². The van der Waals surface area contributed by atoms with Crippen LogP contribution in [0.15, 0.2) is 16.9 Å². The predicted molar refractivity (Wildman–Crippen MR) is 55.1 cm³/mol. The van der Waals surface area contributed by atoms with E-state index in [4.69, 9.17) is 0 Å². The highest BCUT2D eigenvalue weighted by molar-refractivity contribution is 9.10. The quantitative estimate of drug-likeness (QED) is 0.880. The fourth-order valence-electron chi connectivity index (χ4n) is 1.02. The van der Waals surface area contributed by atoms with E-state index in [-0.39, 0.29) is 0 Å². The van der Waals surface area contributed by atoms with Gasteiger partial charge in [0, 0.05) is 12.7 Å². The molecule has 0 fully saturated rings. The highest BCUT2D eigenvalue weighted by atomic mass is 79.9. The van der Waals surface area contributed by atoms with Gasteiger partial charge in [0.1, 0.15) is 0 Å². The van der Waals surface area contributed by atoms with Crippen LogP contribution in [0, 0.1) is 0 Å². The van der Waals surface area contributed by atoms with Gasteiger partial charge in [-0.2, -0.15) is 0 Å². The standard InChI is InChI=1S/C7H11BrN2O2S/c1-9-4-6-3-7(8)10(5-6)13(2,11)12/h3,5,9H,4H2,1-2H3. The molecule has 1 aromatic heterocycles. The van der Waals surface area contributed by atoms with E-state index in [9.17, 15) is 8.42 Å². The van der Waals surface area contributed by atoms with Gasteiger partial charge in [-0.05, 0) is 34.6 Å². The lowest BCUT2D eigenvalue weighted by atomic mass is 10.3. The van der Waals surface area contributed by atoms with Crippen LogP contribution in [0.25, 0.3) is 0 Å². The van der Waals surface area contributed by atoms with Gasteiger partial charge in [0.2, 0.25) is 10.0 Å². The average Bonchev–Trinajstić information content (AvgIpc) is 2.30. The fraction of sp³-hybridized carbons (Fsp3) is 0.429. The number of nitrogens with zero attached hydrogens (tertiary/aromatic N) is 1. The van der Waals surface area contributed by atoms with Gasteiger partial charge < -0.3 is 5.32 Å². The van der Waals surface area contributed by atoms with Crippen molar-refractivity contribution in [2.45, 2.75) is 6.54 Å². The Kier molecular flexibility index (Phi) is 3.15. The number of halogens is 1. The highest BCUT2D eigenvalue weighted by Crippen LogP contribution is 2.16. The Labute approximate surface area is 86.1 Å². The Morgan fingerprint density at radius 2 is 2.23 bits per heavy atom. The maximum atomic E-state index is 11.2. The number of hydrogen-bond acceptors (Lipinski definition) is 3. The molecule has 0 atom stereocenters. The summed E-state index contributed by atoms with van der Waals surface area (Å²) in [7, 11) is -1.38. The van der Waals surface area contributed by atoms with Gasteiger partial charge in [-0.1, -0.05) is 0 Å². The molecule has 0 aliphatic carbocycles. The molecule has 0 aliphatic heterocycles. The Balaban J connectivity index is 3.11. The lowest BCUT2D eigenvalue weighted by Gasteiger charge is -1.99. The monoisotopic (exact) mass is 266 g/mol. The maximum absolute atomic E-state index is 11.2. The molecule has 0 radical (unpaired) electrons. The molecular weight excluding hydrogens is 256 g/mol. The Morgan fingerprint density at radius 3 is 2.62 bits per heavy atom. The van der Waals surface area contributed by atoms with Crippen molar-refractivity contribution in [1.29, 1.82) is 0 Å². The van der Waals surface area contributed by atoms with Crippen LogP contribution in [-0.2, 0) is 16.6 Å². The minimum absolute atomic E-state index is 0.556. The molecule has 1 heterocycles. The first-order valence-corrected chi connectivity index (χ1v) is 6.31. The van der Waals surface area contributed by atoms with E-state index in [0.717, 1.165) is 5.56 Å². The second-order valence-corrected chi connectivity index (χ2v) is 5.43. The van der Waals surface area contributed by atoms with E-state index in [1.165, 1.54) is 10.2 Å². The van der Waals surface area contributed by atoms with E-state index in [1.807, 2.05) is 7.05 Å². The first kappa shape index (κ1) is 10.7. The largest absolute Gasteiger partial charge is 0.316 e. The summed E-state index contributed by atoms with van der Waals surface area (Å²) in [4.78, 5) is 0. The molecule has 1 N–H and O–H groups in total. The zero-order chi connectivity index (χ0) is 10.1. The number of rotatable bonds is 3. The van der Waals surface area contributed by atoms with Gasteiger partial charge in [0.25, 0.3) is 0 Å². The van der Waals surface area contributed by atoms with E-state index in [2.05, 4.69) is 21.2 Å². The van der Waals surface area contributed by atoms with E-state index < -0.39 is 10.0 Å². The molecule has 6 heteroatoms. The van der Waals surface area contributed by atoms with Gasteiger partial charge >= 0.3 is 0 Å². The summed E-state index contributed by atoms with van der Waals surface area (Å²) in [6, 6.07) is 1.78. The smallest absolute Gasteiger partial charge is 0.236 e. The van der Waals surface area contributed by atoms with Crippen molar-refractivity contribution < 1.29 is 8.42 Å². The molecule has 1 aromatic rings. The molecular formula is C7H11BrN2O2S. The summed E-state index contributed by atoms with van der Waals surface area (Å²) in [5.74, 6) is 0. The zero-order valence-corrected chi connectivity index (χ0v) is 9.81. The summed E-state index contributed by atoms with van der Waals surface area (Å²) in [6.07, 6.45) is 2.76.